The third-order valence-corrected chi connectivity index (χ3v) is 2.34. The van der Waals surface area contributed by atoms with Gasteiger partial charge in [-0.2, -0.15) is 5.10 Å². The Morgan fingerprint density at radius 1 is 1.71 bits per heavy atom. The van der Waals surface area contributed by atoms with E-state index in [1.807, 2.05) is 6.92 Å². The summed E-state index contributed by atoms with van der Waals surface area (Å²) in [6, 6.07) is -0.396. The fourth-order valence-electron chi connectivity index (χ4n) is 1.12. The van der Waals surface area contributed by atoms with Crippen molar-refractivity contribution in [2.45, 2.75) is 26.3 Å². The zero-order valence-electron chi connectivity index (χ0n) is 8.11. The first-order valence-corrected chi connectivity index (χ1v) is 5.21. The first-order valence-electron chi connectivity index (χ1n) is 4.42. The van der Waals surface area contributed by atoms with Crippen LogP contribution in [0.3, 0.4) is 0 Å². The van der Waals surface area contributed by atoms with E-state index >= 15 is 0 Å². The predicted octanol–water partition coefficient (Wildman–Crippen LogP) is 1.55. The summed E-state index contributed by atoms with van der Waals surface area (Å²) in [5, 5.41) is 3.95. The summed E-state index contributed by atoms with van der Waals surface area (Å²) in [5.41, 5.74) is 0. The predicted molar refractivity (Wildman–Crippen MR) is 53.7 cm³/mol. The minimum absolute atomic E-state index is 0.277. The Morgan fingerprint density at radius 3 is 2.86 bits per heavy atom. The van der Waals surface area contributed by atoms with E-state index in [0.29, 0.717) is 17.8 Å². The van der Waals surface area contributed by atoms with Gasteiger partial charge < -0.3 is 4.74 Å². The highest BCUT2D eigenvalue weighted by atomic mass is 79.9. The number of halogens is 1. The summed E-state index contributed by atoms with van der Waals surface area (Å²) < 4.78 is 6.98. The van der Waals surface area contributed by atoms with Crippen LogP contribution in [0.25, 0.3) is 0 Å². The SMILES string of the molecule is CCOC(=O)[C@@H](CC)n1ncnc1Br. The Hall–Kier alpha value is -0.910. The van der Waals surface area contributed by atoms with E-state index in [-0.39, 0.29) is 5.97 Å². The van der Waals surface area contributed by atoms with Crippen molar-refractivity contribution < 1.29 is 9.53 Å². The van der Waals surface area contributed by atoms with Gasteiger partial charge in [0.2, 0.25) is 0 Å². The molecule has 14 heavy (non-hydrogen) atoms. The molecule has 78 valence electrons. The first kappa shape index (κ1) is 11.2. The number of carbonyl (C=O) groups excluding carboxylic acids is 1. The molecule has 0 unspecified atom stereocenters. The average Bonchev–Trinajstić information content (AvgIpc) is 2.54. The Bertz CT molecular complexity index is 313. The van der Waals surface area contributed by atoms with Crippen LogP contribution in [0.5, 0.6) is 0 Å². The highest BCUT2D eigenvalue weighted by Gasteiger charge is 2.22. The summed E-state index contributed by atoms with van der Waals surface area (Å²) in [6.07, 6.45) is 2.02. The van der Waals surface area contributed by atoms with Crippen molar-refractivity contribution in [2.24, 2.45) is 0 Å². The van der Waals surface area contributed by atoms with Gasteiger partial charge in [-0.05, 0) is 29.3 Å². The van der Waals surface area contributed by atoms with Gasteiger partial charge >= 0.3 is 5.97 Å². The lowest BCUT2D eigenvalue weighted by Crippen LogP contribution is -2.22. The second-order valence-corrected chi connectivity index (χ2v) is 3.36. The van der Waals surface area contributed by atoms with Crippen molar-refractivity contribution in [3.63, 3.8) is 0 Å². The second-order valence-electron chi connectivity index (χ2n) is 2.65. The molecule has 1 heterocycles. The molecule has 1 rings (SSSR count). The molecule has 0 saturated carbocycles. The van der Waals surface area contributed by atoms with Crippen LogP contribution < -0.4 is 0 Å². The number of ether oxygens (including phenoxy) is 1. The van der Waals surface area contributed by atoms with E-state index in [1.165, 1.54) is 11.0 Å². The molecule has 0 aliphatic heterocycles. The van der Waals surface area contributed by atoms with Crippen molar-refractivity contribution in [3.05, 3.63) is 11.1 Å². The summed E-state index contributed by atoms with van der Waals surface area (Å²) in [7, 11) is 0. The van der Waals surface area contributed by atoms with Gasteiger partial charge in [-0.25, -0.2) is 14.5 Å². The Morgan fingerprint density at radius 2 is 2.43 bits per heavy atom. The number of nitrogens with zero attached hydrogens (tertiary/aromatic N) is 3. The number of rotatable bonds is 4. The molecule has 0 amide bonds. The molecule has 0 spiro atoms. The summed E-state index contributed by atoms with van der Waals surface area (Å²) in [6.45, 7) is 4.05. The molecule has 0 aliphatic rings. The highest BCUT2D eigenvalue weighted by Crippen LogP contribution is 2.16. The van der Waals surface area contributed by atoms with Crippen LogP contribution in [0.1, 0.15) is 26.3 Å². The van der Waals surface area contributed by atoms with E-state index in [1.54, 1.807) is 6.92 Å². The van der Waals surface area contributed by atoms with E-state index in [4.69, 9.17) is 4.74 Å². The molecule has 0 radical (unpaired) electrons. The molecule has 0 aromatic carbocycles. The van der Waals surface area contributed by atoms with Crippen LogP contribution in [0.15, 0.2) is 11.1 Å². The lowest BCUT2D eigenvalue weighted by atomic mass is 10.2. The zero-order valence-corrected chi connectivity index (χ0v) is 9.69. The molecule has 1 atom stereocenters. The van der Waals surface area contributed by atoms with Gasteiger partial charge in [0.25, 0.3) is 0 Å². The third-order valence-electron chi connectivity index (χ3n) is 1.77. The van der Waals surface area contributed by atoms with Crippen molar-refractivity contribution in [1.29, 1.82) is 0 Å². The standard InChI is InChI=1S/C8H12BrN3O2/c1-3-6(7(13)14-4-2)12-8(9)10-5-11-12/h5-6H,3-4H2,1-2H3/t6-/m1/s1. The van der Waals surface area contributed by atoms with Crippen LogP contribution in [0.2, 0.25) is 0 Å². The van der Waals surface area contributed by atoms with E-state index < -0.39 is 6.04 Å². The number of hydrogen-bond donors (Lipinski definition) is 0. The lowest BCUT2D eigenvalue weighted by molar-refractivity contribution is -0.147. The highest BCUT2D eigenvalue weighted by molar-refractivity contribution is 9.10. The van der Waals surface area contributed by atoms with Crippen molar-refractivity contribution >= 4 is 21.9 Å². The third kappa shape index (κ3) is 2.31. The fourth-order valence-corrected chi connectivity index (χ4v) is 1.55. The van der Waals surface area contributed by atoms with Crippen LogP contribution in [0.4, 0.5) is 0 Å². The summed E-state index contributed by atoms with van der Waals surface area (Å²) >= 11 is 3.21. The molecule has 0 aliphatic carbocycles. The largest absolute Gasteiger partial charge is 0.464 e. The van der Waals surface area contributed by atoms with Gasteiger partial charge in [0.15, 0.2) is 10.8 Å². The van der Waals surface area contributed by atoms with Crippen molar-refractivity contribution in [3.8, 4) is 0 Å². The van der Waals surface area contributed by atoms with E-state index in [0.717, 1.165) is 0 Å². The molecule has 0 bridgehead atoms. The van der Waals surface area contributed by atoms with Crippen LogP contribution in [-0.2, 0) is 9.53 Å². The molecule has 1 aromatic rings. The van der Waals surface area contributed by atoms with E-state index in [2.05, 4.69) is 26.0 Å². The molecule has 6 heteroatoms. The van der Waals surface area contributed by atoms with Gasteiger partial charge in [0, 0.05) is 0 Å². The van der Waals surface area contributed by atoms with Gasteiger partial charge in [-0.15, -0.1) is 0 Å². The minimum Gasteiger partial charge on any atom is -0.464 e. The second kappa shape index (κ2) is 5.09. The Labute approximate surface area is 90.6 Å². The molecule has 0 N–H and O–H groups in total. The lowest BCUT2D eigenvalue weighted by Gasteiger charge is -2.13. The van der Waals surface area contributed by atoms with Crippen molar-refractivity contribution in [1.82, 2.24) is 14.8 Å². The van der Waals surface area contributed by atoms with Crippen LogP contribution in [0, 0.1) is 0 Å². The molecular weight excluding hydrogens is 250 g/mol. The average molecular weight is 262 g/mol. The monoisotopic (exact) mass is 261 g/mol. The first-order chi connectivity index (χ1) is 6.70. The summed E-state index contributed by atoms with van der Waals surface area (Å²) in [4.78, 5) is 15.4. The number of carbonyl (C=O) groups is 1. The Kier molecular flexibility index (Phi) is 4.06. The molecule has 1 aromatic heterocycles. The van der Waals surface area contributed by atoms with Crippen LogP contribution >= 0.6 is 15.9 Å². The number of esters is 1. The molecule has 0 saturated heterocycles. The fraction of sp³-hybridized carbons (Fsp3) is 0.625. The molecule has 0 fully saturated rings. The minimum atomic E-state index is -0.396. The summed E-state index contributed by atoms with van der Waals surface area (Å²) in [5.74, 6) is -0.277. The van der Waals surface area contributed by atoms with Gasteiger partial charge in [-0.3, -0.25) is 0 Å². The topological polar surface area (TPSA) is 57.0 Å². The van der Waals surface area contributed by atoms with Gasteiger partial charge in [0.1, 0.15) is 6.33 Å². The maximum absolute atomic E-state index is 11.5. The van der Waals surface area contributed by atoms with Gasteiger partial charge in [0.05, 0.1) is 6.61 Å². The maximum Gasteiger partial charge on any atom is 0.331 e. The van der Waals surface area contributed by atoms with Crippen molar-refractivity contribution in [2.75, 3.05) is 6.61 Å². The smallest absolute Gasteiger partial charge is 0.331 e. The maximum atomic E-state index is 11.5. The number of hydrogen-bond acceptors (Lipinski definition) is 4. The van der Waals surface area contributed by atoms with E-state index in [9.17, 15) is 4.79 Å². The normalized spacial score (nSPS) is 12.5. The van der Waals surface area contributed by atoms with Crippen LogP contribution in [-0.4, -0.2) is 27.3 Å². The zero-order chi connectivity index (χ0) is 10.6. The molecular formula is C8H12BrN3O2. The van der Waals surface area contributed by atoms with Gasteiger partial charge in [-0.1, -0.05) is 6.92 Å². The number of aromatic nitrogens is 3. The Balaban J connectivity index is 2.82. The quantitative estimate of drug-likeness (QED) is 0.772. The molecule has 5 nitrogen and oxygen atoms in total.